The summed E-state index contributed by atoms with van der Waals surface area (Å²) in [6.45, 7) is 5.39. The number of methoxy groups -OCH3 is 1. The molecule has 0 spiro atoms. The van der Waals surface area contributed by atoms with E-state index in [1.54, 1.807) is 7.11 Å². The molecule has 1 aliphatic heterocycles. The van der Waals surface area contributed by atoms with Crippen LogP contribution in [0.4, 0.5) is 0 Å². The fourth-order valence-corrected chi connectivity index (χ4v) is 3.60. The third-order valence-corrected chi connectivity index (χ3v) is 5.23. The third-order valence-electron chi connectivity index (χ3n) is 4.40. The van der Waals surface area contributed by atoms with Gasteiger partial charge >= 0.3 is 0 Å². The molecule has 0 N–H and O–H groups in total. The molecule has 2 heterocycles. The summed E-state index contributed by atoms with van der Waals surface area (Å²) in [4.78, 5) is 25.7. The largest absolute Gasteiger partial charge is 0.497 e. The number of amides is 1. The van der Waals surface area contributed by atoms with Crippen molar-refractivity contribution in [3.05, 3.63) is 36.0 Å². The van der Waals surface area contributed by atoms with Crippen LogP contribution in [0.1, 0.15) is 5.69 Å². The van der Waals surface area contributed by atoms with Gasteiger partial charge in [-0.3, -0.25) is 4.79 Å². The minimum atomic E-state index is 0.152. The number of hydrogen-bond donors (Lipinski definition) is 0. The Labute approximate surface area is 158 Å². The fourth-order valence-electron chi connectivity index (χ4n) is 2.79. The van der Waals surface area contributed by atoms with Gasteiger partial charge in [0.25, 0.3) is 0 Å². The zero-order chi connectivity index (χ0) is 18.5. The van der Waals surface area contributed by atoms with Gasteiger partial charge in [0, 0.05) is 37.4 Å². The Bertz CT molecular complexity index is 759. The maximum atomic E-state index is 12.4. The molecule has 0 saturated carbocycles. The van der Waals surface area contributed by atoms with Crippen LogP contribution in [0.5, 0.6) is 5.75 Å². The van der Waals surface area contributed by atoms with Gasteiger partial charge in [-0.1, -0.05) is 11.8 Å². The van der Waals surface area contributed by atoms with Gasteiger partial charge in [-0.2, -0.15) is 0 Å². The summed E-state index contributed by atoms with van der Waals surface area (Å²) in [5.74, 6) is 1.33. The molecule has 0 unspecified atom stereocenters. The molecular formula is C19H24N4O2S. The Morgan fingerprint density at radius 3 is 2.50 bits per heavy atom. The minimum Gasteiger partial charge on any atom is -0.497 e. The Morgan fingerprint density at radius 2 is 1.85 bits per heavy atom. The first-order valence-corrected chi connectivity index (χ1v) is 9.63. The maximum absolute atomic E-state index is 12.4. The number of likely N-dealkylation sites (N-methyl/N-ethyl adjacent to an activating group) is 1. The zero-order valence-electron chi connectivity index (χ0n) is 15.4. The van der Waals surface area contributed by atoms with Gasteiger partial charge in [0.05, 0.1) is 18.6 Å². The number of rotatable bonds is 5. The van der Waals surface area contributed by atoms with E-state index in [-0.39, 0.29) is 5.91 Å². The lowest BCUT2D eigenvalue weighted by Gasteiger charge is -2.32. The lowest BCUT2D eigenvalue weighted by atomic mass is 10.1. The molecule has 3 rings (SSSR count). The summed E-state index contributed by atoms with van der Waals surface area (Å²) in [6.07, 6.45) is 0. The van der Waals surface area contributed by atoms with Crippen LogP contribution >= 0.6 is 11.8 Å². The molecule has 138 valence electrons. The quantitative estimate of drug-likeness (QED) is 0.593. The van der Waals surface area contributed by atoms with Crippen LogP contribution in [0.3, 0.4) is 0 Å². The lowest BCUT2D eigenvalue weighted by Crippen LogP contribution is -2.47. The van der Waals surface area contributed by atoms with E-state index in [0.29, 0.717) is 10.9 Å². The van der Waals surface area contributed by atoms with Crippen molar-refractivity contribution in [2.24, 2.45) is 0 Å². The highest BCUT2D eigenvalue weighted by atomic mass is 32.2. The number of aromatic nitrogens is 2. The van der Waals surface area contributed by atoms with Crippen LogP contribution in [0.2, 0.25) is 0 Å². The molecule has 26 heavy (non-hydrogen) atoms. The first-order chi connectivity index (χ1) is 12.5. The van der Waals surface area contributed by atoms with Crippen molar-refractivity contribution in [2.45, 2.75) is 12.1 Å². The average Bonchev–Trinajstić information content (AvgIpc) is 2.66. The van der Waals surface area contributed by atoms with E-state index in [2.05, 4.69) is 21.9 Å². The molecule has 1 fully saturated rings. The average molecular weight is 372 g/mol. The molecule has 2 aromatic rings. The van der Waals surface area contributed by atoms with Crippen LogP contribution in [0.15, 0.2) is 35.5 Å². The lowest BCUT2D eigenvalue weighted by molar-refractivity contribution is -0.129. The second kappa shape index (κ2) is 8.51. The standard InChI is InChI=1S/C19H24N4O2S/c1-14-12-17(15-4-6-16(25-3)7-5-15)21-19(20-14)26-13-18(24)23-10-8-22(2)9-11-23/h4-7,12H,8-11,13H2,1-3H3. The van der Waals surface area contributed by atoms with Crippen LogP contribution < -0.4 is 4.74 Å². The van der Waals surface area contributed by atoms with Gasteiger partial charge in [0.2, 0.25) is 5.91 Å². The number of aryl methyl sites for hydroxylation is 1. The summed E-state index contributed by atoms with van der Waals surface area (Å²) in [7, 11) is 3.73. The molecular weight excluding hydrogens is 348 g/mol. The van der Waals surface area contributed by atoms with Crippen LogP contribution in [-0.4, -0.2) is 71.8 Å². The van der Waals surface area contributed by atoms with Crippen molar-refractivity contribution in [3.63, 3.8) is 0 Å². The van der Waals surface area contributed by atoms with Crippen molar-refractivity contribution in [1.29, 1.82) is 0 Å². The molecule has 6 nitrogen and oxygen atoms in total. The summed E-state index contributed by atoms with van der Waals surface area (Å²) >= 11 is 1.40. The molecule has 1 aromatic heterocycles. The van der Waals surface area contributed by atoms with Crippen LogP contribution in [0.25, 0.3) is 11.3 Å². The van der Waals surface area contributed by atoms with Crippen molar-refractivity contribution < 1.29 is 9.53 Å². The predicted molar refractivity (Wildman–Crippen MR) is 104 cm³/mol. The van der Waals surface area contributed by atoms with E-state index in [1.807, 2.05) is 42.2 Å². The molecule has 1 aliphatic rings. The number of nitrogens with zero attached hydrogens (tertiary/aromatic N) is 4. The van der Waals surface area contributed by atoms with Crippen molar-refractivity contribution in [2.75, 3.05) is 46.1 Å². The second-order valence-electron chi connectivity index (χ2n) is 6.38. The molecule has 0 radical (unpaired) electrons. The highest BCUT2D eigenvalue weighted by molar-refractivity contribution is 7.99. The van der Waals surface area contributed by atoms with E-state index in [9.17, 15) is 4.79 Å². The summed E-state index contributed by atoms with van der Waals surface area (Å²) in [5, 5.41) is 0.637. The Morgan fingerprint density at radius 1 is 1.15 bits per heavy atom. The number of piperazine rings is 1. The van der Waals surface area contributed by atoms with E-state index < -0.39 is 0 Å². The number of benzene rings is 1. The van der Waals surface area contributed by atoms with Gasteiger partial charge in [-0.15, -0.1) is 0 Å². The van der Waals surface area contributed by atoms with E-state index >= 15 is 0 Å². The van der Waals surface area contributed by atoms with E-state index in [0.717, 1.165) is 48.9 Å². The second-order valence-corrected chi connectivity index (χ2v) is 7.32. The summed E-state index contributed by atoms with van der Waals surface area (Å²) in [5.41, 5.74) is 2.75. The predicted octanol–water partition coefficient (Wildman–Crippen LogP) is 2.33. The number of carbonyl (C=O) groups is 1. The minimum absolute atomic E-state index is 0.152. The molecule has 7 heteroatoms. The van der Waals surface area contributed by atoms with Crippen molar-refractivity contribution in [3.8, 4) is 17.0 Å². The SMILES string of the molecule is COc1ccc(-c2cc(C)nc(SCC(=O)N3CCN(C)CC3)n2)cc1. The number of ether oxygens (including phenoxy) is 1. The monoisotopic (exact) mass is 372 g/mol. The Balaban J connectivity index is 1.66. The maximum Gasteiger partial charge on any atom is 0.233 e. The molecule has 1 amide bonds. The van der Waals surface area contributed by atoms with Crippen LogP contribution in [0, 0.1) is 6.92 Å². The highest BCUT2D eigenvalue weighted by Gasteiger charge is 2.19. The fraction of sp³-hybridized carbons (Fsp3) is 0.421. The molecule has 0 bridgehead atoms. The van der Waals surface area contributed by atoms with E-state index in [1.165, 1.54) is 11.8 Å². The van der Waals surface area contributed by atoms with Gasteiger partial charge < -0.3 is 14.5 Å². The Hall–Kier alpha value is -2.12. The third kappa shape index (κ3) is 4.74. The molecule has 1 aromatic carbocycles. The number of thioether (sulfide) groups is 1. The van der Waals surface area contributed by atoms with Gasteiger partial charge in [0.1, 0.15) is 5.75 Å². The Kier molecular flexibility index (Phi) is 6.11. The van der Waals surface area contributed by atoms with Crippen molar-refractivity contribution >= 4 is 17.7 Å². The summed E-state index contributed by atoms with van der Waals surface area (Å²) in [6, 6.07) is 9.73. The first-order valence-electron chi connectivity index (χ1n) is 8.64. The zero-order valence-corrected chi connectivity index (χ0v) is 16.3. The highest BCUT2D eigenvalue weighted by Crippen LogP contribution is 2.24. The molecule has 0 aliphatic carbocycles. The van der Waals surface area contributed by atoms with Gasteiger partial charge in [-0.05, 0) is 44.3 Å². The number of hydrogen-bond acceptors (Lipinski definition) is 6. The smallest absolute Gasteiger partial charge is 0.233 e. The topological polar surface area (TPSA) is 58.6 Å². The van der Waals surface area contributed by atoms with Gasteiger partial charge in [-0.25, -0.2) is 9.97 Å². The molecule has 0 atom stereocenters. The van der Waals surface area contributed by atoms with E-state index in [4.69, 9.17) is 4.74 Å². The normalized spacial score (nSPS) is 15.1. The first kappa shape index (κ1) is 18.7. The van der Waals surface area contributed by atoms with Gasteiger partial charge in [0.15, 0.2) is 5.16 Å². The van der Waals surface area contributed by atoms with Crippen molar-refractivity contribution in [1.82, 2.24) is 19.8 Å². The summed E-state index contributed by atoms with van der Waals surface area (Å²) < 4.78 is 5.20. The van der Waals surface area contributed by atoms with Crippen LogP contribution in [-0.2, 0) is 4.79 Å². The molecule has 1 saturated heterocycles. The number of carbonyl (C=O) groups excluding carboxylic acids is 1.